The molecular formula is C21H18N2O5. The Hall–Kier alpha value is -3.79. The minimum atomic E-state index is -1.41. The molecule has 3 rings (SSSR count). The molecule has 1 aliphatic rings. The van der Waals surface area contributed by atoms with E-state index in [1.54, 1.807) is 48.5 Å². The third kappa shape index (κ3) is 3.81. The molecule has 0 bridgehead atoms. The largest absolute Gasteiger partial charge is 0.480 e. The van der Waals surface area contributed by atoms with E-state index in [2.05, 4.69) is 0 Å². The van der Waals surface area contributed by atoms with Gasteiger partial charge in [0.1, 0.15) is 12.1 Å². The standard InChI is InChI=1S/C21H18N2O5/c24-12-11-17(25)18-19(20(26)27)23(14-16-9-5-2-6-10-16)21(28)22(18)13-15-7-3-1-4-8-15/h1-10,18-19,24H,13-14H2,(H,26,27)/t18?,19-/m0/s1. The molecule has 0 saturated carbocycles. The van der Waals surface area contributed by atoms with Crippen LogP contribution in [0, 0.1) is 12.0 Å². The quantitative estimate of drug-likeness (QED) is 0.748. The van der Waals surface area contributed by atoms with Crippen molar-refractivity contribution in [3.8, 4) is 12.0 Å². The van der Waals surface area contributed by atoms with Crippen LogP contribution in [0.3, 0.4) is 0 Å². The number of nitrogens with zero attached hydrogens (tertiary/aromatic N) is 2. The van der Waals surface area contributed by atoms with E-state index in [9.17, 15) is 19.5 Å². The molecule has 1 aliphatic heterocycles. The van der Waals surface area contributed by atoms with E-state index in [0.29, 0.717) is 0 Å². The average molecular weight is 378 g/mol. The van der Waals surface area contributed by atoms with Crippen LogP contribution in [0.1, 0.15) is 11.1 Å². The number of aliphatic hydroxyl groups is 1. The van der Waals surface area contributed by atoms with Crippen LogP contribution in [0.5, 0.6) is 0 Å². The van der Waals surface area contributed by atoms with E-state index in [0.717, 1.165) is 16.0 Å². The van der Waals surface area contributed by atoms with Gasteiger partial charge in [-0.15, -0.1) is 0 Å². The van der Waals surface area contributed by atoms with E-state index < -0.39 is 29.9 Å². The van der Waals surface area contributed by atoms with Gasteiger partial charge in [-0.25, -0.2) is 9.59 Å². The fourth-order valence-corrected chi connectivity index (χ4v) is 3.32. The van der Waals surface area contributed by atoms with Crippen molar-refractivity contribution in [1.29, 1.82) is 0 Å². The number of benzene rings is 2. The summed E-state index contributed by atoms with van der Waals surface area (Å²) in [5.41, 5.74) is 1.49. The van der Waals surface area contributed by atoms with Gasteiger partial charge in [-0.3, -0.25) is 4.79 Å². The Morgan fingerprint density at radius 1 is 0.857 bits per heavy atom. The summed E-state index contributed by atoms with van der Waals surface area (Å²) < 4.78 is 0. The van der Waals surface area contributed by atoms with Crippen molar-refractivity contribution in [2.24, 2.45) is 0 Å². The topological polar surface area (TPSA) is 98.1 Å². The Kier molecular flexibility index (Phi) is 5.61. The maximum absolute atomic E-state index is 13.1. The van der Waals surface area contributed by atoms with Crippen molar-refractivity contribution >= 4 is 17.8 Å². The third-order valence-electron chi connectivity index (χ3n) is 4.55. The summed E-state index contributed by atoms with van der Waals surface area (Å²) in [6, 6.07) is 14.6. The molecule has 142 valence electrons. The van der Waals surface area contributed by atoms with Crippen LogP contribution in [0.2, 0.25) is 0 Å². The van der Waals surface area contributed by atoms with Crippen LogP contribution in [-0.2, 0) is 22.7 Å². The minimum absolute atomic E-state index is 0.0399. The summed E-state index contributed by atoms with van der Waals surface area (Å²) in [7, 11) is 0. The van der Waals surface area contributed by atoms with Gasteiger partial charge in [0.05, 0.1) is 0 Å². The van der Waals surface area contributed by atoms with Gasteiger partial charge in [0.15, 0.2) is 6.04 Å². The second kappa shape index (κ2) is 8.27. The number of hydrogen-bond donors (Lipinski definition) is 2. The first-order valence-corrected chi connectivity index (χ1v) is 8.59. The highest BCUT2D eigenvalue weighted by molar-refractivity contribution is 6.07. The molecule has 0 aromatic heterocycles. The first-order valence-electron chi connectivity index (χ1n) is 8.59. The lowest BCUT2D eigenvalue weighted by atomic mass is 10.0. The van der Waals surface area contributed by atoms with Crippen molar-refractivity contribution in [2.45, 2.75) is 25.2 Å². The van der Waals surface area contributed by atoms with Crippen LogP contribution in [0.25, 0.3) is 0 Å². The second-order valence-electron chi connectivity index (χ2n) is 6.34. The Labute approximate surface area is 161 Å². The Bertz CT molecular complexity index is 934. The van der Waals surface area contributed by atoms with E-state index in [1.165, 1.54) is 11.0 Å². The second-order valence-corrected chi connectivity index (χ2v) is 6.34. The fraction of sp³-hybridized carbons (Fsp3) is 0.190. The van der Waals surface area contributed by atoms with Crippen LogP contribution in [0.4, 0.5) is 4.79 Å². The molecule has 2 amide bonds. The van der Waals surface area contributed by atoms with Crippen molar-refractivity contribution < 1.29 is 24.6 Å². The van der Waals surface area contributed by atoms with E-state index in [4.69, 9.17) is 5.11 Å². The van der Waals surface area contributed by atoms with Gasteiger partial charge in [-0.2, -0.15) is 0 Å². The van der Waals surface area contributed by atoms with Crippen molar-refractivity contribution in [3.63, 3.8) is 0 Å². The SMILES string of the molecule is O=C(C#CO)C1[C@@H](C(=O)O)N(Cc2ccccc2)C(=O)N1Cc1ccccc1. The fourth-order valence-electron chi connectivity index (χ4n) is 3.32. The van der Waals surface area contributed by atoms with Crippen LogP contribution in [0.15, 0.2) is 60.7 Å². The number of Topliss-reactive ketones (excluding diaryl/α,β-unsaturated/α-hetero) is 1. The van der Waals surface area contributed by atoms with Gasteiger partial charge in [0.2, 0.25) is 5.78 Å². The van der Waals surface area contributed by atoms with Crippen LogP contribution in [-0.4, -0.2) is 49.9 Å². The normalized spacial score (nSPS) is 18.5. The van der Waals surface area contributed by atoms with Gasteiger partial charge in [-0.1, -0.05) is 60.7 Å². The predicted molar refractivity (Wildman–Crippen MR) is 99.3 cm³/mol. The summed E-state index contributed by atoms with van der Waals surface area (Å²) >= 11 is 0. The van der Waals surface area contributed by atoms with Crippen LogP contribution >= 0.6 is 0 Å². The Morgan fingerprint density at radius 3 is 1.75 bits per heavy atom. The number of carboxylic acid groups (broad SMARTS) is 1. The van der Waals surface area contributed by atoms with E-state index >= 15 is 0 Å². The number of amides is 2. The van der Waals surface area contributed by atoms with Gasteiger partial charge >= 0.3 is 12.0 Å². The number of carbonyl (C=O) groups is 3. The zero-order chi connectivity index (χ0) is 20.1. The molecule has 1 heterocycles. The first kappa shape index (κ1) is 19.0. The number of urea groups is 1. The molecular weight excluding hydrogens is 360 g/mol. The van der Waals surface area contributed by atoms with Crippen molar-refractivity contribution in [2.75, 3.05) is 0 Å². The lowest BCUT2D eigenvalue weighted by Crippen LogP contribution is -2.47. The summed E-state index contributed by atoms with van der Waals surface area (Å²) in [5.74, 6) is -0.156. The Morgan fingerprint density at radius 2 is 1.32 bits per heavy atom. The van der Waals surface area contributed by atoms with Crippen LogP contribution < -0.4 is 0 Å². The van der Waals surface area contributed by atoms with Crippen molar-refractivity contribution in [1.82, 2.24) is 9.80 Å². The smallest absolute Gasteiger partial charge is 0.329 e. The highest BCUT2D eigenvalue weighted by atomic mass is 16.4. The molecule has 0 radical (unpaired) electrons. The third-order valence-corrected chi connectivity index (χ3v) is 4.55. The number of aliphatic carboxylic acids is 1. The monoisotopic (exact) mass is 378 g/mol. The molecule has 2 aromatic carbocycles. The molecule has 0 aliphatic carbocycles. The first-order chi connectivity index (χ1) is 13.5. The molecule has 2 aromatic rings. The average Bonchev–Trinajstić information content (AvgIpc) is 2.96. The molecule has 1 fully saturated rings. The van der Waals surface area contributed by atoms with Gasteiger partial charge < -0.3 is 20.0 Å². The molecule has 7 nitrogen and oxygen atoms in total. The number of carboxylic acids is 1. The molecule has 1 unspecified atom stereocenters. The van der Waals surface area contributed by atoms with Gasteiger partial charge in [0, 0.05) is 19.0 Å². The molecule has 1 saturated heterocycles. The van der Waals surface area contributed by atoms with Gasteiger partial charge in [0.25, 0.3) is 0 Å². The van der Waals surface area contributed by atoms with E-state index in [-0.39, 0.29) is 13.1 Å². The highest BCUT2D eigenvalue weighted by Gasteiger charge is 2.52. The summed E-state index contributed by atoms with van der Waals surface area (Å²) in [6.45, 7) is 0.0938. The summed E-state index contributed by atoms with van der Waals surface area (Å²) in [5, 5.41) is 18.6. The number of carbonyl (C=O) groups excluding carboxylic acids is 2. The van der Waals surface area contributed by atoms with Crippen molar-refractivity contribution in [3.05, 3.63) is 71.8 Å². The molecule has 2 N–H and O–H groups in total. The molecule has 7 heteroatoms. The maximum atomic E-state index is 13.1. The number of ketones is 1. The zero-order valence-corrected chi connectivity index (χ0v) is 14.9. The number of hydrogen-bond acceptors (Lipinski definition) is 4. The molecule has 2 atom stereocenters. The zero-order valence-electron chi connectivity index (χ0n) is 14.9. The van der Waals surface area contributed by atoms with E-state index in [1.807, 2.05) is 18.1 Å². The maximum Gasteiger partial charge on any atom is 0.329 e. The lowest BCUT2D eigenvalue weighted by Gasteiger charge is -2.22. The predicted octanol–water partition coefficient (Wildman–Crippen LogP) is 1.85. The minimum Gasteiger partial charge on any atom is -0.480 e. The molecule has 28 heavy (non-hydrogen) atoms. The highest BCUT2D eigenvalue weighted by Crippen LogP contribution is 2.28. The lowest BCUT2D eigenvalue weighted by molar-refractivity contribution is -0.144. The Balaban J connectivity index is 2.00. The number of aliphatic hydroxyl groups excluding tert-OH is 1. The number of rotatable bonds is 6. The summed E-state index contributed by atoms with van der Waals surface area (Å²) in [6.07, 6.45) is 1.52. The summed E-state index contributed by atoms with van der Waals surface area (Å²) in [4.78, 5) is 39.9. The molecule has 0 spiro atoms. The van der Waals surface area contributed by atoms with Gasteiger partial charge in [-0.05, 0) is 11.1 Å².